The number of carbonyl (C=O) groups is 1. The molecule has 2 atom stereocenters. The third-order valence-corrected chi connectivity index (χ3v) is 6.59. The fourth-order valence-electron chi connectivity index (χ4n) is 3.91. The third kappa shape index (κ3) is 4.30. The number of pyridine rings is 1. The Morgan fingerprint density at radius 1 is 1.29 bits per heavy atom. The summed E-state index contributed by atoms with van der Waals surface area (Å²) in [5, 5.41) is 9.25. The van der Waals surface area contributed by atoms with Gasteiger partial charge in [0.2, 0.25) is 5.88 Å². The highest BCUT2D eigenvalue weighted by molar-refractivity contribution is 7.10. The summed E-state index contributed by atoms with van der Waals surface area (Å²) >= 11 is 1.35. The molecule has 4 rings (SSSR count). The minimum atomic E-state index is -0.172. The Kier molecular flexibility index (Phi) is 6.01. The Labute approximate surface area is 186 Å². The maximum atomic E-state index is 13.5. The topological polar surface area (TPSA) is 79.1 Å². The van der Waals surface area contributed by atoms with E-state index in [4.69, 9.17) is 4.74 Å². The molecule has 2 aromatic heterocycles. The first kappa shape index (κ1) is 21.0. The number of rotatable bonds is 4. The number of piperidine rings is 1. The first-order chi connectivity index (χ1) is 15.0. The number of benzene rings is 1. The van der Waals surface area contributed by atoms with Gasteiger partial charge in [0.25, 0.3) is 5.91 Å². The molecule has 0 bridgehead atoms. The van der Waals surface area contributed by atoms with E-state index in [0.29, 0.717) is 23.6 Å². The number of aryl methyl sites for hydroxylation is 1. The summed E-state index contributed by atoms with van der Waals surface area (Å²) in [6, 6.07) is 12.1. The van der Waals surface area contributed by atoms with E-state index in [1.165, 1.54) is 11.5 Å². The molecule has 7 heteroatoms. The summed E-state index contributed by atoms with van der Waals surface area (Å²) in [6.45, 7) is 6.42. The highest BCUT2D eigenvalue weighted by Gasteiger charge is 2.33. The van der Waals surface area contributed by atoms with Gasteiger partial charge in [-0.1, -0.05) is 29.8 Å². The molecular weight excluding hydrogens is 408 g/mol. The Hall–Kier alpha value is -3.24. The van der Waals surface area contributed by atoms with Crippen molar-refractivity contribution in [2.75, 3.05) is 6.54 Å². The Morgan fingerprint density at radius 3 is 2.90 bits per heavy atom. The molecule has 1 amide bonds. The number of ether oxygens (including phenoxy) is 1. The van der Waals surface area contributed by atoms with E-state index in [9.17, 15) is 10.1 Å². The largest absolute Gasteiger partial charge is 0.472 e. The zero-order chi connectivity index (χ0) is 22.0. The lowest BCUT2D eigenvalue weighted by Crippen LogP contribution is -2.49. The van der Waals surface area contributed by atoms with Crippen molar-refractivity contribution < 1.29 is 9.53 Å². The summed E-state index contributed by atoms with van der Waals surface area (Å²) in [5.74, 6) is 0.435. The van der Waals surface area contributed by atoms with Gasteiger partial charge in [-0.2, -0.15) is 9.64 Å². The minimum absolute atomic E-state index is 0.0264. The summed E-state index contributed by atoms with van der Waals surface area (Å²) < 4.78 is 10.4. The molecule has 3 aromatic rings. The predicted octanol–water partition coefficient (Wildman–Crippen LogP) is 4.77. The lowest BCUT2D eigenvalue weighted by Gasteiger charge is -2.38. The first-order valence-electron chi connectivity index (χ1n) is 10.3. The van der Waals surface area contributed by atoms with Crippen LogP contribution in [0, 0.1) is 25.2 Å². The van der Waals surface area contributed by atoms with Crippen LogP contribution < -0.4 is 4.74 Å². The van der Waals surface area contributed by atoms with Gasteiger partial charge in [-0.3, -0.25) is 4.79 Å². The highest BCUT2D eigenvalue weighted by Crippen LogP contribution is 2.31. The van der Waals surface area contributed by atoms with Crippen molar-refractivity contribution in [2.45, 2.75) is 45.8 Å². The molecule has 31 heavy (non-hydrogen) atoms. The van der Waals surface area contributed by atoms with Gasteiger partial charge in [-0.25, -0.2) is 4.98 Å². The lowest BCUT2D eigenvalue weighted by atomic mass is 9.99. The second-order valence-electron chi connectivity index (χ2n) is 7.96. The fraction of sp³-hybridized carbons (Fsp3) is 0.333. The van der Waals surface area contributed by atoms with Crippen molar-refractivity contribution in [3.8, 4) is 22.4 Å². The van der Waals surface area contributed by atoms with E-state index in [-0.39, 0.29) is 18.1 Å². The molecule has 1 saturated heterocycles. The molecule has 158 valence electrons. The highest BCUT2D eigenvalue weighted by atomic mass is 32.1. The number of hydrogen-bond donors (Lipinski definition) is 0. The molecule has 1 aliphatic heterocycles. The van der Waals surface area contributed by atoms with Crippen molar-refractivity contribution >= 4 is 17.4 Å². The van der Waals surface area contributed by atoms with Gasteiger partial charge >= 0.3 is 0 Å². The van der Waals surface area contributed by atoms with Crippen molar-refractivity contribution in [1.29, 1.82) is 5.26 Å². The average Bonchev–Trinajstić information content (AvgIpc) is 3.26. The van der Waals surface area contributed by atoms with E-state index >= 15 is 0 Å². The molecule has 0 spiro atoms. The van der Waals surface area contributed by atoms with Gasteiger partial charge in [0, 0.05) is 17.8 Å². The van der Waals surface area contributed by atoms with E-state index in [1.807, 2.05) is 36.9 Å². The van der Waals surface area contributed by atoms with Crippen LogP contribution in [0.1, 0.15) is 46.8 Å². The lowest BCUT2D eigenvalue weighted by molar-refractivity contribution is 0.0372. The zero-order valence-electron chi connectivity index (χ0n) is 17.8. The van der Waals surface area contributed by atoms with E-state index in [1.54, 1.807) is 18.5 Å². The quantitative estimate of drug-likeness (QED) is 0.594. The molecule has 6 nitrogen and oxygen atoms in total. The van der Waals surface area contributed by atoms with Gasteiger partial charge in [-0.05, 0) is 56.8 Å². The number of nitriles is 1. The Bertz CT molecular complexity index is 1150. The van der Waals surface area contributed by atoms with Crippen LogP contribution in [0.2, 0.25) is 0 Å². The van der Waals surface area contributed by atoms with Crippen LogP contribution in [0.4, 0.5) is 0 Å². The first-order valence-corrected chi connectivity index (χ1v) is 11.1. The van der Waals surface area contributed by atoms with Gasteiger partial charge in [-0.15, -0.1) is 0 Å². The van der Waals surface area contributed by atoms with Crippen LogP contribution in [0.3, 0.4) is 0 Å². The number of carbonyl (C=O) groups excluding carboxylic acids is 1. The van der Waals surface area contributed by atoms with Crippen LogP contribution in [0.15, 0.2) is 42.7 Å². The van der Waals surface area contributed by atoms with Gasteiger partial charge in [0.15, 0.2) is 0 Å². The molecule has 0 aliphatic carbocycles. The summed E-state index contributed by atoms with van der Waals surface area (Å²) in [7, 11) is 0. The molecule has 0 radical (unpaired) electrons. The van der Waals surface area contributed by atoms with Crippen molar-refractivity contribution in [1.82, 2.24) is 14.3 Å². The molecular formula is C24H24N4O2S. The maximum Gasteiger partial charge on any atom is 0.257 e. The smallest absolute Gasteiger partial charge is 0.257 e. The zero-order valence-corrected chi connectivity index (χ0v) is 18.6. The second kappa shape index (κ2) is 8.86. The number of likely N-dealkylation sites (tertiary alicyclic amines) is 1. The van der Waals surface area contributed by atoms with Gasteiger partial charge < -0.3 is 9.64 Å². The van der Waals surface area contributed by atoms with E-state index < -0.39 is 0 Å². The van der Waals surface area contributed by atoms with Crippen LogP contribution in [-0.4, -0.2) is 38.9 Å². The molecule has 0 N–H and O–H groups in total. The number of hydrogen-bond acceptors (Lipinski definition) is 6. The Morgan fingerprint density at radius 2 is 2.13 bits per heavy atom. The van der Waals surface area contributed by atoms with Crippen LogP contribution >= 0.6 is 11.5 Å². The molecule has 1 fully saturated rings. The summed E-state index contributed by atoms with van der Waals surface area (Å²) in [4.78, 5) is 20.6. The number of aromatic nitrogens is 2. The van der Waals surface area contributed by atoms with E-state index in [2.05, 4.69) is 28.4 Å². The predicted molar refractivity (Wildman–Crippen MR) is 120 cm³/mol. The van der Waals surface area contributed by atoms with Crippen molar-refractivity contribution in [3.05, 3.63) is 65.0 Å². The number of nitrogens with zero attached hydrogens (tertiary/aromatic N) is 4. The number of amides is 1. The normalized spacial score (nSPS) is 18.5. The Balaban J connectivity index is 1.56. The summed E-state index contributed by atoms with van der Waals surface area (Å²) in [6.07, 6.45) is 4.75. The fourth-order valence-corrected chi connectivity index (χ4v) is 4.64. The van der Waals surface area contributed by atoms with Crippen molar-refractivity contribution in [3.63, 3.8) is 0 Å². The second-order valence-corrected chi connectivity index (χ2v) is 8.76. The standard InChI is InChI=1S/C24H24N4O2S/c1-15-5-4-6-18(11-15)22-21(13-27-31-22)24(29)28-14-20(8-7-16(28)2)30-23-17(3)19(12-25)9-10-26-23/h4-6,9-11,13,16,20H,7-8,14H2,1-3H3/t16-,20-/m1/s1. The molecule has 0 unspecified atom stereocenters. The van der Waals surface area contributed by atoms with Crippen LogP contribution in [0.5, 0.6) is 5.88 Å². The summed E-state index contributed by atoms with van der Waals surface area (Å²) in [5.41, 5.74) is 4.06. The third-order valence-electron chi connectivity index (χ3n) is 5.74. The van der Waals surface area contributed by atoms with Crippen molar-refractivity contribution in [2.24, 2.45) is 0 Å². The monoisotopic (exact) mass is 432 g/mol. The molecule has 3 heterocycles. The maximum absolute atomic E-state index is 13.5. The van der Waals surface area contributed by atoms with E-state index in [0.717, 1.165) is 34.4 Å². The average molecular weight is 433 g/mol. The minimum Gasteiger partial charge on any atom is -0.472 e. The molecule has 0 saturated carbocycles. The van der Waals surface area contributed by atoms with Crippen LogP contribution in [0.25, 0.3) is 10.4 Å². The molecule has 1 aliphatic rings. The van der Waals surface area contributed by atoms with Gasteiger partial charge in [0.05, 0.1) is 34.8 Å². The van der Waals surface area contributed by atoms with Crippen LogP contribution in [-0.2, 0) is 0 Å². The van der Waals surface area contributed by atoms with Gasteiger partial charge in [0.1, 0.15) is 6.10 Å². The SMILES string of the molecule is Cc1cccc(-c2sncc2C(=O)N2C[C@H](Oc3nccc(C#N)c3C)CC[C@H]2C)c1. The molecule has 1 aromatic carbocycles.